The lowest BCUT2D eigenvalue weighted by atomic mass is 9.77. The van der Waals surface area contributed by atoms with Gasteiger partial charge in [-0.15, -0.1) is 0 Å². The normalized spacial score (nSPS) is 24.3. The lowest BCUT2D eigenvalue weighted by molar-refractivity contribution is -0.145. The Bertz CT molecular complexity index is 1350. The van der Waals surface area contributed by atoms with Crippen molar-refractivity contribution in [1.29, 1.82) is 0 Å². The lowest BCUT2D eigenvalue weighted by Gasteiger charge is -2.27. The Morgan fingerprint density at radius 2 is 1.40 bits per heavy atom. The van der Waals surface area contributed by atoms with Crippen LogP contribution in [0.3, 0.4) is 0 Å². The minimum absolute atomic E-state index is 0.0618. The third-order valence-electron chi connectivity index (χ3n) is 7.24. The Morgan fingerprint density at radius 3 is 2.00 bits per heavy atom. The van der Waals surface area contributed by atoms with Gasteiger partial charge in [0.25, 0.3) is 0 Å². The first-order valence-corrected chi connectivity index (χ1v) is 11.4. The summed E-state index contributed by atoms with van der Waals surface area (Å²) in [5.41, 5.74) is -0.256. The summed E-state index contributed by atoms with van der Waals surface area (Å²) in [6.07, 6.45) is -0.939. The van der Waals surface area contributed by atoms with Crippen LogP contribution in [0.4, 0.5) is 0 Å². The smallest absolute Gasteiger partial charge is 0.237 e. The summed E-state index contributed by atoms with van der Waals surface area (Å²) >= 11 is 0. The van der Waals surface area contributed by atoms with E-state index in [1.165, 1.54) is 0 Å². The molecular weight excluding hydrogens is 446 g/mol. The minimum atomic E-state index is -2.06. The molecule has 6 rings (SSSR count). The Balaban J connectivity index is 1.48. The minimum Gasteiger partial charge on any atom is -0.497 e. The molecule has 2 amide bonds. The zero-order chi connectivity index (χ0) is 24.3. The maximum Gasteiger partial charge on any atom is 0.237 e. The molecule has 2 heterocycles. The van der Waals surface area contributed by atoms with Crippen LogP contribution in [0.5, 0.6) is 5.75 Å². The molecule has 3 atom stereocenters. The summed E-state index contributed by atoms with van der Waals surface area (Å²) in [6, 6.07) is 22.5. The van der Waals surface area contributed by atoms with E-state index in [9.17, 15) is 19.2 Å². The number of hydrogen-bond donors (Lipinski definition) is 0. The number of likely N-dealkylation sites (tertiary alicyclic amines) is 1. The number of hydrogen-bond acceptors (Lipinski definition) is 6. The van der Waals surface area contributed by atoms with Crippen LogP contribution in [0.15, 0.2) is 78.9 Å². The Morgan fingerprint density at radius 1 is 0.800 bits per heavy atom. The molecule has 1 spiro atoms. The van der Waals surface area contributed by atoms with Crippen LogP contribution in [-0.2, 0) is 20.9 Å². The molecule has 7 heteroatoms. The molecule has 2 saturated heterocycles. The van der Waals surface area contributed by atoms with E-state index in [1.807, 2.05) is 30.3 Å². The van der Waals surface area contributed by atoms with Gasteiger partial charge in [-0.05, 0) is 23.3 Å². The highest BCUT2D eigenvalue weighted by molar-refractivity contribution is 6.35. The van der Waals surface area contributed by atoms with Crippen LogP contribution >= 0.6 is 0 Å². The summed E-state index contributed by atoms with van der Waals surface area (Å²) in [7, 11) is 1.54. The number of carbonyl (C=O) groups excluding carboxylic acids is 4. The van der Waals surface area contributed by atoms with E-state index < -0.39 is 46.9 Å². The van der Waals surface area contributed by atoms with Crippen molar-refractivity contribution in [2.75, 3.05) is 7.11 Å². The number of ketones is 2. The highest BCUT2D eigenvalue weighted by Gasteiger charge is 2.74. The number of imide groups is 1. The molecule has 3 aliphatic rings. The fraction of sp³-hybridized carbons (Fsp3) is 0.214. The maximum absolute atomic E-state index is 13.8. The number of benzene rings is 3. The number of ether oxygens (including phenoxy) is 2. The highest BCUT2D eigenvalue weighted by atomic mass is 16.5. The van der Waals surface area contributed by atoms with Crippen LogP contribution in [0.25, 0.3) is 0 Å². The number of Topliss-reactive ketones (excluding diaryl/α,β-unsaturated/α-hetero) is 2. The molecule has 35 heavy (non-hydrogen) atoms. The number of methoxy groups -OCH3 is 1. The van der Waals surface area contributed by atoms with Gasteiger partial charge in [-0.2, -0.15) is 0 Å². The molecule has 1 aliphatic carbocycles. The fourth-order valence-electron chi connectivity index (χ4n) is 5.59. The van der Waals surface area contributed by atoms with Crippen molar-refractivity contribution in [3.05, 3.63) is 101 Å². The van der Waals surface area contributed by atoms with E-state index in [1.54, 1.807) is 55.6 Å². The van der Waals surface area contributed by atoms with E-state index in [-0.39, 0.29) is 17.7 Å². The largest absolute Gasteiger partial charge is 0.497 e. The van der Waals surface area contributed by atoms with Crippen molar-refractivity contribution in [2.45, 2.75) is 18.2 Å². The second-order valence-electron chi connectivity index (χ2n) is 9.00. The second-order valence-corrected chi connectivity index (χ2v) is 9.00. The maximum atomic E-state index is 13.8. The van der Waals surface area contributed by atoms with Crippen molar-refractivity contribution < 1.29 is 28.7 Å². The molecule has 0 radical (unpaired) electrons. The number of nitrogens with zero attached hydrogens (tertiary/aromatic N) is 1. The van der Waals surface area contributed by atoms with Crippen molar-refractivity contribution >= 4 is 23.4 Å². The van der Waals surface area contributed by atoms with Crippen molar-refractivity contribution in [3.8, 4) is 5.75 Å². The van der Waals surface area contributed by atoms with E-state index >= 15 is 0 Å². The van der Waals surface area contributed by atoms with Gasteiger partial charge in [0.2, 0.25) is 29.0 Å². The number of amides is 2. The average molecular weight is 467 g/mol. The zero-order valence-corrected chi connectivity index (χ0v) is 18.8. The van der Waals surface area contributed by atoms with E-state index in [0.717, 1.165) is 10.5 Å². The fourth-order valence-corrected chi connectivity index (χ4v) is 5.59. The summed E-state index contributed by atoms with van der Waals surface area (Å²) in [4.78, 5) is 56.1. The first-order chi connectivity index (χ1) is 17.0. The quantitative estimate of drug-likeness (QED) is 0.432. The van der Waals surface area contributed by atoms with Crippen LogP contribution in [0.2, 0.25) is 0 Å². The standard InChI is InChI=1S/C28H21NO6/c1-34-18-13-11-17(12-14-18)23-21-22(27(33)29(26(21)32)15-16-7-3-2-4-8-16)28(35-23)24(30)19-9-5-6-10-20(19)25(28)31/h2-14,21-23H,15H2,1H3. The van der Waals surface area contributed by atoms with Crippen molar-refractivity contribution in [2.24, 2.45) is 11.8 Å². The molecule has 0 N–H and O–H groups in total. The van der Waals surface area contributed by atoms with Gasteiger partial charge < -0.3 is 9.47 Å². The van der Waals surface area contributed by atoms with E-state index in [2.05, 4.69) is 0 Å². The Kier molecular flexibility index (Phi) is 4.72. The van der Waals surface area contributed by atoms with Crippen LogP contribution in [0.1, 0.15) is 37.9 Å². The second kappa shape index (κ2) is 7.71. The summed E-state index contributed by atoms with van der Waals surface area (Å²) in [6.45, 7) is 0.0618. The number of carbonyl (C=O) groups is 4. The van der Waals surface area contributed by atoms with Gasteiger partial charge in [-0.1, -0.05) is 66.7 Å². The van der Waals surface area contributed by atoms with Gasteiger partial charge in [0.1, 0.15) is 5.75 Å². The molecule has 3 aromatic rings. The van der Waals surface area contributed by atoms with E-state index in [0.29, 0.717) is 11.3 Å². The molecule has 7 nitrogen and oxygen atoms in total. The van der Waals surface area contributed by atoms with Gasteiger partial charge in [0, 0.05) is 11.1 Å². The Hall–Kier alpha value is -4.10. The molecule has 0 aromatic heterocycles. The third-order valence-corrected chi connectivity index (χ3v) is 7.24. The first-order valence-electron chi connectivity index (χ1n) is 11.4. The topological polar surface area (TPSA) is 90.0 Å². The molecule has 3 unspecified atom stereocenters. The molecular formula is C28H21NO6. The molecule has 2 aliphatic heterocycles. The van der Waals surface area contributed by atoms with Gasteiger partial charge in [0.05, 0.1) is 31.6 Å². The van der Waals surface area contributed by atoms with Crippen LogP contribution in [-0.4, -0.2) is 41.0 Å². The van der Waals surface area contributed by atoms with Gasteiger partial charge in [0.15, 0.2) is 0 Å². The van der Waals surface area contributed by atoms with E-state index in [4.69, 9.17) is 9.47 Å². The monoisotopic (exact) mass is 467 g/mol. The van der Waals surface area contributed by atoms with Gasteiger partial charge >= 0.3 is 0 Å². The van der Waals surface area contributed by atoms with Gasteiger partial charge in [-0.25, -0.2) is 0 Å². The first kappa shape index (κ1) is 21.4. The van der Waals surface area contributed by atoms with Gasteiger partial charge in [-0.3, -0.25) is 24.1 Å². The molecule has 174 valence electrons. The summed E-state index contributed by atoms with van der Waals surface area (Å²) < 4.78 is 11.5. The Labute approximate surface area is 201 Å². The summed E-state index contributed by atoms with van der Waals surface area (Å²) in [5, 5.41) is 0. The van der Waals surface area contributed by atoms with Crippen LogP contribution < -0.4 is 4.74 Å². The summed E-state index contributed by atoms with van der Waals surface area (Å²) in [5.74, 6) is -3.76. The molecule has 0 bridgehead atoms. The van der Waals surface area contributed by atoms with Crippen molar-refractivity contribution in [1.82, 2.24) is 4.90 Å². The molecule has 0 saturated carbocycles. The average Bonchev–Trinajstić information content (AvgIpc) is 3.46. The molecule has 3 aromatic carbocycles. The van der Waals surface area contributed by atoms with Crippen LogP contribution in [0, 0.1) is 11.8 Å². The van der Waals surface area contributed by atoms with Crippen molar-refractivity contribution in [3.63, 3.8) is 0 Å². The highest BCUT2D eigenvalue weighted by Crippen LogP contribution is 2.57. The third kappa shape index (κ3) is 2.88. The molecule has 2 fully saturated rings. The predicted molar refractivity (Wildman–Crippen MR) is 124 cm³/mol. The zero-order valence-electron chi connectivity index (χ0n) is 18.8. The number of fused-ring (bicyclic) bond motifs is 3. The lowest BCUT2D eigenvalue weighted by Crippen LogP contribution is -2.50. The SMILES string of the molecule is COc1ccc(C2OC3(C(=O)c4ccccc4C3=O)C3C(=O)N(Cc4ccccc4)C(=O)C23)cc1. The predicted octanol–water partition coefficient (Wildman–Crippen LogP) is 3.39. The number of rotatable bonds is 4.